The molecule has 0 fully saturated rings. The quantitative estimate of drug-likeness (QED) is 0.453. The molecule has 3 rings (SSSR count). The van der Waals surface area contributed by atoms with Crippen LogP contribution in [-0.2, 0) is 0 Å². The van der Waals surface area contributed by atoms with Gasteiger partial charge in [0.25, 0.3) is 0 Å². The van der Waals surface area contributed by atoms with Crippen LogP contribution in [0.2, 0.25) is 10.0 Å². The molecule has 0 aliphatic carbocycles. The molecule has 25 heavy (non-hydrogen) atoms. The summed E-state index contributed by atoms with van der Waals surface area (Å²) in [6.45, 7) is 0. The first-order valence-corrected chi connectivity index (χ1v) is 9.14. The largest absolute Gasteiger partial charge is 0.378 e. The van der Waals surface area contributed by atoms with E-state index in [-0.39, 0.29) is 0 Å². The van der Waals surface area contributed by atoms with Gasteiger partial charge in [0.05, 0.1) is 22.0 Å². The molecule has 0 spiro atoms. The molecule has 0 amide bonds. The summed E-state index contributed by atoms with van der Waals surface area (Å²) in [7, 11) is 4.02. The van der Waals surface area contributed by atoms with Crippen LogP contribution in [0.3, 0.4) is 0 Å². The van der Waals surface area contributed by atoms with E-state index in [1.165, 1.54) is 11.3 Å². The minimum Gasteiger partial charge on any atom is -0.378 e. The van der Waals surface area contributed by atoms with Gasteiger partial charge in [0.15, 0.2) is 0 Å². The molecule has 128 valence electrons. The molecule has 0 saturated carbocycles. The Kier molecular flexibility index (Phi) is 5.58. The number of thiazole rings is 1. The summed E-state index contributed by atoms with van der Waals surface area (Å²) < 4.78 is 0. The molecule has 2 aromatic carbocycles. The number of halogens is 2. The predicted molar refractivity (Wildman–Crippen MR) is 110 cm³/mol. The maximum Gasteiger partial charge on any atom is 0.203 e. The molecule has 0 atom stereocenters. The van der Waals surface area contributed by atoms with Gasteiger partial charge >= 0.3 is 0 Å². The Labute approximate surface area is 160 Å². The lowest BCUT2D eigenvalue weighted by Crippen LogP contribution is -2.08. The molecule has 0 bridgehead atoms. The number of rotatable bonds is 5. The zero-order valence-electron chi connectivity index (χ0n) is 13.7. The van der Waals surface area contributed by atoms with E-state index in [0.29, 0.717) is 15.2 Å². The third-order valence-electron chi connectivity index (χ3n) is 3.50. The summed E-state index contributed by atoms with van der Waals surface area (Å²) in [6, 6.07) is 13.6. The van der Waals surface area contributed by atoms with E-state index in [4.69, 9.17) is 23.2 Å². The average Bonchev–Trinajstić information content (AvgIpc) is 3.07. The first-order chi connectivity index (χ1) is 12.0. The lowest BCUT2D eigenvalue weighted by molar-refractivity contribution is 1.13. The number of nitrogens with one attached hydrogen (secondary N) is 1. The van der Waals surface area contributed by atoms with Crippen molar-refractivity contribution in [2.24, 2.45) is 5.10 Å². The molecule has 4 nitrogen and oxygen atoms in total. The molecule has 0 saturated heterocycles. The highest BCUT2D eigenvalue weighted by Crippen LogP contribution is 2.30. The second kappa shape index (κ2) is 7.87. The van der Waals surface area contributed by atoms with Gasteiger partial charge in [-0.25, -0.2) is 4.98 Å². The van der Waals surface area contributed by atoms with Crippen LogP contribution in [0.15, 0.2) is 52.9 Å². The normalized spacial score (nSPS) is 11.0. The summed E-state index contributed by atoms with van der Waals surface area (Å²) in [4.78, 5) is 6.56. The van der Waals surface area contributed by atoms with Gasteiger partial charge in [0, 0.05) is 30.7 Å². The van der Waals surface area contributed by atoms with Gasteiger partial charge in [-0.15, -0.1) is 11.3 Å². The summed E-state index contributed by atoms with van der Waals surface area (Å²) >= 11 is 13.5. The van der Waals surface area contributed by atoms with Crippen LogP contribution in [0, 0.1) is 0 Å². The Hall–Kier alpha value is -2.08. The molecule has 0 aliphatic heterocycles. The van der Waals surface area contributed by atoms with E-state index >= 15 is 0 Å². The SMILES string of the molecule is CN(C)c1ccc(/C=N/Nc2nc(-c3ccc(Cl)c(Cl)c3)cs2)cc1. The van der Waals surface area contributed by atoms with Gasteiger partial charge in [0.2, 0.25) is 5.13 Å². The zero-order chi connectivity index (χ0) is 17.8. The second-order valence-electron chi connectivity index (χ2n) is 5.52. The smallest absolute Gasteiger partial charge is 0.203 e. The molecule has 0 aliphatic rings. The van der Waals surface area contributed by atoms with Crippen LogP contribution >= 0.6 is 34.5 Å². The number of hydrogen-bond acceptors (Lipinski definition) is 5. The van der Waals surface area contributed by atoms with Crippen LogP contribution in [0.25, 0.3) is 11.3 Å². The van der Waals surface area contributed by atoms with E-state index in [2.05, 4.69) is 20.4 Å². The molecule has 7 heteroatoms. The van der Waals surface area contributed by atoms with Crippen molar-refractivity contribution in [2.45, 2.75) is 0 Å². The second-order valence-corrected chi connectivity index (χ2v) is 7.20. The van der Waals surface area contributed by atoms with Gasteiger partial charge in [0.1, 0.15) is 0 Å². The van der Waals surface area contributed by atoms with Crippen molar-refractivity contribution in [1.29, 1.82) is 0 Å². The van der Waals surface area contributed by atoms with E-state index in [1.807, 2.05) is 49.8 Å². The average molecular weight is 391 g/mol. The summed E-state index contributed by atoms with van der Waals surface area (Å²) in [5.74, 6) is 0. The van der Waals surface area contributed by atoms with E-state index in [1.54, 1.807) is 18.3 Å². The van der Waals surface area contributed by atoms with Gasteiger partial charge in [-0.1, -0.05) is 41.4 Å². The fourth-order valence-electron chi connectivity index (χ4n) is 2.13. The fourth-order valence-corrected chi connectivity index (χ4v) is 3.10. The third kappa shape index (κ3) is 4.51. The van der Waals surface area contributed by atoms with Crippen molar-refractivity contribution < 1.29 is 0 Å². The number of hydrazone groups is 1. The summed E-state index contributed by atoms with van der Waals surface area (Å²) in [5, 5.41) is 7.94. The summed E-state index contributed by atoms with van der Waals surface area (Å²) in [5.41, 5.74) is 6.87. The van der Waals surface area contributed by atoms with Crippen molar-refractivity contribution in [3.63, 3.8) is 0 Å². The molecule has 3 aromatic rings. The number of anilines is 2. The lowest BCUT2D eigenvalue weighted by atomic mass is 10.2. The van der Waals surface area contributed by atoms with E-state index in [9.17, 15) is 0 Å². The predicted octanol–water partition coefficient (Wildman–Crippen LogP) is 5.63. The molecule has 0 unspecified atom stereocenters. The van der Waals surface area contributed by atoms with Crippen molar-refractivity contribution in [3.8, 4) is 11.3 Å². The van der Waals surface area contributed by atoms with Crippen molar-refractivity contribution >= 4 is 51.6 Å². The highest BCUT2D eigenvalue weighted by molar-refractivity contribution is 7.14. The summed E-state index contributed by atoms with van der Waals surface area (Å²) in [6.07, 6.45) is 1.76. The van der Waals surface area contributed by atoms with E-state index < -0.39 is 0 Å². The van der Waals surface area contributed by atoms with Crippen LogP contribution < -0.4 is 10.3 Å². The van der Waals surface area contributed by atoms with Crippen molar-refractivity contribution in [2.75, 3.05) is 24.4 Å². The lowest BCUT2D eigenvalue weighted by Gasteiger charge is -2.11. The van der Waals surface area contributed by atoms with Crippen molar-refractivity contribution in [3.05, 3.63) is 63.5 Å². The number of benzene rings is 2. The third-order valence-corrected chi connectivity index (χ3v) is 4.99. The Balaban J connectivity index is 1.66. The van der Waals surface area contributed by atoms with Crippen LogP contribution in [0.1, 0.15) is 5.56 Å². The number of hydrogen-bond donors (Lipinski definition) is 1. The standard InChI is InChI=1S/C18H16Cl2N4S/c1-24(2)14-6-3-12(4-7-14)10-21-23-18-22-17(11-25-18)13-5-8-15(19)16(20)9-13/h3-11H,1-2H3,(H,22,23)/b21-10+. The maximum atomic E-state index is 6.05. The van der Waals surface area contributed by atoms with Gasteiger partial charge < -0.3 is 4.90 Å². The van der Waals surface area contributed by atoms with Gasteiger partial charge in [-0.3, -0.25) is 5.43 Å². The first kappa shape index (κ1) is 17.7. The minimum absolute atomic E-state index is 0.515. The fraction of sp³-hybridized carbons (Fsp3) is 0.111. The zero-order valence-corrected chi connectivity index (χ0v) is 16.0. The monoisotopic (exact) mass is 390 g/mol. The van der Waals surface area contributed by atoms with Crippen LogP contribution in [0.5, 0.6) is 0 Å². The number of aromatic nitrogens is 1. The van der Waals surface area contributed by atoms with Gasteiger partial charge in [-0.05, 0) is 29.8 Å². The number of nitrogens with zero attached hydrogens (tertiary/aromatic N) is 3. The molecule has 1 aromatic heterocycles. The molecule has 1 heterocycles. The van der Waals surface area contributed by atoms with Crippen LogP contribution in [0.4, 0.5) is 10.8 Å². The highest BCUT2D eigenvalue weighted by Gasteiger charge is 2.06. The minimum atomic E-state index is 0.515. The van der Waals surface area contributed by atoms with E-state index in [0.717, 1.165) is 22.5 Å². The Morgan fingerprint density at radius 1 is 1.08 bits per heavy atom. The topological polar surface area (TPSA) is 40.5 Å². The Morgan fingerprint density at radius 2 is 1.84 bits per heavy atom. The highest BCUT2D eigenvalue weighted by atomic mass is 35.5. The first-order valence-electron chi connectivity index (χ1n) is 7.50. The van der Waals surface area contributed by atoms with Gasteiger partial charge in [-0.2, -0.15) is 5.10 Å². The van der Waals surface area contributed by atoms with Crippen LogP contribution in [-0.4, -0.2) is 25.3 Å². The Morgan fingerprint density at radius 3 is 2.52 bits per heavy atom. The molecular weight excluding hydrogens is 375 g/mol. The molecular formula is C18H16Cl2N4S. The Bertz CT molecular complexity index is 888. The van der Waals surface area contributed by atoms with Crippen molar-refractivity contribution in [1.82, 2.24) is 4.98 Å². The molecule has 0 radical (unpaired) electrons. The maximum absolute atomic E-state index is 6.05. The molecule has 1 N–H and O–H groups in total.